The minimum atomic E-state index is -1.04. The molecule has 6 heteroatoms. The number of fused-ring (bicyclic) bond motifs is 1. The van der Waals surface area contributed by atoms with E-state index in [4.69, 9.17) is 0 Å². The summed E-state index contributed by atoms with van der Waals surface area (Å²) < 4.78 is 1.63. The topological polar surface area (TPSA) is 84.2 Å². The van der Waals surface area contributed by atoms with Crippen LogP contribution < -0.4 is 10.9 Å². The fourth-order valence-electron chi connectivity index (χ4n) is 3.89. The number of aliphatic hydroxyl groups is 1. The maximum absolute atomic E-state index is 13.2. The Labute approximate surface area is 192 Å². The molecule has 0 saturated carbocycles. The molecule has 0 fully saturated rings. The van der Waals surface area contributed by atoms with Crippen molar-refractivity contribution < 1.29 is 9.90 Å². The van der Waals surface area contributed by atoms with Crippen LogP contribution in [0.2, 0.25) is 0 Å². The molecule has 2 aromatic heterocycles. The normalized spacial score (nSPS) is 11.6. The van der Waals surface area contributed by atoms with Crippen molar-refractivity contribution in [3.8, 4) is 11.1 Å². The van der Waals surface area contributed by atoms with Gasteiger partial charge in [-0.25, -0.2) is 0 Å². The molecule has 2 aromatic carbocycles. The largest absolute Gasteiger partial charge is 0.386 e. The molecule has 4 aromatic rings. The first-order valence-electron chi connectivity index (χ1n) is 10.8. The molecule has 4 rings (SSSR count). The molecule has 33 heavy (non-hydrogen) atoms. The van der Waals surface area contributed by atoms with Crippen molar-refractivity contribution in [2.45, 2.75) is 33.3 Å². The van der Waals surface area contributed by atoms with Gasteiger partial charge < -0.3 is 15.0 Å². The Morgan fingerprint density at radius 3 is 2.52 bits per heavy atom. The molecular formula is C27H27N3O3. The Morgan fingerprint density at radius 2 is 1.79 bits per heavy atom. The fourth-order valence-corrected chi connectivity index (χ4v) is 3.89. The molecule has 0 aliphatic carbocycles. The van der Waals surface area contributed by atoms with Gasteiger partial charge in [-0.3, -0.25) is 14.6 Å². The summed E-state index contributed by atoms with van der Waals surface area (Å²) in [5.41, 5.74) is 4.42. The molecule has 0 bridgehead atoms. The highest BCUT2D eigenvalue weighted by molar-refractivity contribution is 6.04. The monoisotopic (exact) mass is 441 g/mol. The molecule has 0 spiro atoms. The van der Waals surface area contributed by atoms with Crippen molar-refractivity contribution in [3.05, 3.63) is 93.5 Å². The van der Waals surface area contributed by atoms with E-state index in [0.29, 0.717) is 22.4 Å². The number of nitrogens with one attached hydrogen (secondary N) is 1. The third-order valence-electron chi connectivity index (χ3n) is 5.86. The van der Waals surface area contributed by atoms with Crippen LogP contribution in [0.25, 0.3) is 22.0 Å². The van der Waals surface area contributed by atoms with Crippen molar-refractivity contribution in [1.82, 2.24) is 9.55 Å². The van der Waals surface area contributed by atoms with Crippen LogP contribution in [0.5, 0.6) is 0 Å². The lowest BCUT2D eigenvalue weighted by atomic mass is 9.96. The molecule has 2 heterocycles. The van der Waals surface area contributed by atoms with Gasteiger partial charge in [0.15, 0.2) is 0 Å². The number of nitrogens with zero attached hydrogens (tertiary/aromatic N) is 2. The summed E-state index contributed by atoms with van der Waals surface area (Å²) >= 11 is 0. The van der Waals surface area contributed by atoms with Gasteiger partial charge in [0.2, 0.25) is 0 Å². The van der Waals surface area contributed by atoms with Gasteiger partial charge in [0.1, 0.15) is 0 Å². The van der Waals surface area contributed by atoms with Gasteiger partial charge in [-0.2, -0.15) is 0 Å². The SMILES string of the molecule is Cc1cc2c(cn1)cc(-c1cc(NC(=O)c3cccc(C(C)(C)O)c3)ccc1C)c(=O)n2C. The van der Waals surface area contributed by atoms with Crippen molar-refractivity contribution in [1.29, 1.82) is 0 Å². The second-order valence-electron chi connectivity index (χ2n) is 8.93. The van der Waals surface area contributed by atoms with Gasteiger partial charge >= 0.3 is 0 Å². The Balaban J connectivity index is 1.73. The first-order chi connectivity index (χ1) is 15.5. The summed E-state index contributed by atoms with van der Waals surface area (Å²) in [7, 11) is 1.75. The molecule has 0 radical (unpaired) electrons. The second-order valence-corrected chi connectivity index (χ2v) is 8.93. The molecule has 168 valence electrons. The molecule has 1 amide bonds. The predicted molar refractivity (Wildman–Crippen MR) is 132 cm³/mol. The molecule has 0 aliphatic heterocycles. The molecule has 6 nitrogen and oxygen atoms in total. The number of aromatic nitrogens is 2. The van der Waals surface area contributed by atoms with Gasteiger partial charge in [0, 0.05) is 41.1 Å². The Morgan fingerprint density at radius 1 is 1.03 bits per heavy atom. The van der Waals surface area contributed by atoms with Crippen LogP contribution in [-0.2, 0) is 12.6 Å². The van der Waals surface area contributed by atoms with Crippen LogP contribution in [0.3, 0.4) is 0 Å². The van der Waals surface area contributed by atoms with E-state index in [0.717, 1.165) is 27.7 Å². The molecule has 0 aliphatic rings. The minimum Gasteiger partial charge on any atom is -0.386 e. The first kappa shape index (κ1) is 22.4. The zero-order valence-corrected chi connectivity index (χ0v) is 19.4. The molecular weight excluding hydrogens is 414 g/mol. The number of hydrogen-bond acceptors (Lipinski definition) is 4. The van der Waals surface area contributed by atoms with E-state index in [1.54, 1.807) is 55.9 Å². The lowest BCUT2D eigenvalue weighted by Crippen LogP contribution is -2.20. The van der Waals surface area contributed by atoms with E-state index < -0.39 is 5.60 Å². The summed E-state index contributed by atoms with van der Waals surface area (Å²) in [4.78, 5) is 30.4. The number of carbonyl (C=O) groups excluding carboxylic acids is 1. The van der Waals surface area contributed by atoms with Gasteiger partial charge in [-0.15, -0.1) is 0 Å². The van der Waals surface area contributed by atoms with Crippen molar-refractivity contribution in [2.75, 3.05) is 5.32 Å². The van der Waals surface area contributed by atoms with Crippen molar-refractivity contribution in [2.24, 2.45) is 7.05 Å². The van der Waals surface area contributed by atoms with Crippen LogP contribution >= 0.6 is 0 Å². The number of carbonyl (C=O) groups is 1. The van der Waals surface area contributed by atoms with Crippen LogP contribution in [0, 0.1) is 13.8 Å². The molecule has 0 atom stereocenters. The average Bonchev–Trinajstić information content (AvgIpc) is 2.77. The van der Waals surface area contributed by atoms with Crippen LogP contribution in [-0.4, -0.2) is 20.6 Å². The third kappa shape index (κ3) is 4.43. The van der Waals surface area contributed by atoms with Gasteiger partial charge in [-0.1, -0.05) is 18.2 Å². The third-order valence-corrected chi connectivity index (χ3v) is 5.86. The van der Waals surface area contributed by atoms with E-state index >= 15 is 0 Å². The molecule has 0 saturated heterocycles. The highest BCUT2D eigenvalue weighted by Gasteiger charge is 2.18. The highest BCUT2D eigenvalue weighted by Crippen LogP contribution is 2.27. The Kier molecular flexibility index (Phi) is 5.64. The van der Waals surface area contributed by atoms with E-state index in [9.17, 15) is 14.7 Å². The van der Waals surface area contributed by atoms with Crippen molar-refractivity contribution in [3.63, 3.8) is 0 Å². The summed E-state index contributed by atoms with van der Waals surface area (Å²) in [5.74, 6) is -0.290. The quantitative estimate of drug-likeness (QED) is 0.481. The maximum Gasteiger partial charge on any atom is 0.258 e. The maximum atomic E-state index is 13.2. The highest BCUT2D eigenvalue weighted by atomic mass is 16.3. The predicted octanol–water partition coefficient (Wildman–Crippen LogP) is 4.70. The lowest BCUT2D eigenvalue weighted by Gasteiger charge is -2.18. The number of hydrogen-bond donors (Lipinski definition) is 2. The van der Waals surface area contributed by atoms with E-state index in [2.05, 4.69) is 10.3 Å². The zero-order valence-electron chi connectivity index (χ0n) is 19.4. The number of rotatable bonds is 4. The summed E-state index contributed by atoms with van der Waals surface area (Å²) in [6.07, 6.45) is 1.77. The van der Waals surface area contributed by atoms with Crippen LogP contribution in [0.4, 0.5) is 5.69 Å². The van der Waals surface area contributed by atoms with E-state index in [1.165, 1.54) is 0 Å². The summed E-state index contributed by atoms with van der Waals surface area (Å²) in [5, 5.41) is 14.0. The first-order valence-corrected chi connectivity index (χ1v) is 10.8. The smallest absolute Gasteiger partial charge is 0.258 e. The van der Waals surface area contributed by atoms with E-state index in [1.807, 2.05) is 44.2 Å². The van der Waals surface area contributed by atoms with Gasteiger partial charge in [0.25, 0.3) is 11.5 Å². The van der Waals surface area contributed by atoms with Crippen LogP contribution in [0.1, 0.15) is 41.0 Å². The van der Waals surface area contributed by atoms with Crippen molar-refractivity contribution >= 4 is 22.5 Å². The van der Waals surface area contributed by atoms with Crippen LogP contribution in [0.15, 0.2) is 65.6 Å². The number of benzene rings is 2. The van der Waals surface area contributed by atoms with Gasteiger partial charge in [-0.05, 0) is 80.8 Å². The number of aryl methyl sites for hydroxylation is 3. The zero-order chi connectivity index (χ0) is 23.9. The standard InChI is InChI=1S/C27H27N3O3/c1-16-9-10-21(29-25(31)18-7-6-8-20(12-18)27(3,4)33)14-22(16)23-13-19-15-28-17(2)11-24(19)30(5)26(23)32/h6-15,33H,1-5H3,(H,29,31). The summed E-state index contributed by atoms with van der Waals surface area (Å²) in [6, 6.07) is 16.2. The number of amides is 1. The minimum absolute atomic E-state index is 0.113. The molecule has 0 unspecified atom stereocenters. The Bertz CT molecular complexity index is 1450. The lowest BCUT2D eigenvalue weighted by molar-refractivity contribution is 0.0785. The molecule has 2 N–H and O–H groups in total. The van der Waals surface area contributed by atoms with Gasteiger partial charge in [0.05, 0.1) is 11.1 Å². The number of anilines is 1. The Hall–Kier alpha value is -3.77. The fraction of sp³-hybridized carbons (Fsp3) is 0.222. The summed E-state index contributed by atoms with van der Waals surface area (Å²) in [6.45, 7) is 7.18. The van der Waals surface area contributed by atoms with E-state index in [-0.39, 0.29) is 11.5 Å². The average molecular weight is 442 g/mol. The number of pyridine rings is 2. The second kappa shape index (κ2) is 8.30.